The third kappa shape index (κ3) is 4.97. The van der Waals surface area contributed by atoms with Crippen LogP contribution in [0.5, 0.6) is 0 Å². The van der Waals surface area contributed by atoms with Crippen molar-refractivity contribution in [3.63, 3.8) is 0 Å². The third-order valence-corrected chi connectivity index (χ3v) is 9.34. The second kappa shape index (κ2) is 11.4. The second-order valence-electron chi connectivity index (χ2n) is 12.1. The number of allylic oxidation sites excluding steroid dienone is 3. The number of rotatable bonds is 7. The Morgan fingerprint density at radius 3 is 1.80 bits per heavy atom. The first-order chi connectivity index (χ1) is 21.1. The molecule has 0 radical (unpaired) electrons. The van der Waals surface area contributed by atoms with Crippen LogP contribution >= 0.6 is 12.2 Å². The number of benzene rings is 3. The van der Waals surface area contributed by atoms with Crippen LogP contribution in [0, 0.1) is 0 Å². The maximum absolute atomic E-state index is 12.7. The summed E-state index contributed by atoms with van der Waals surface area (Å²) >= 11 is 5.54. The fraction of sp³-hybridized carbons (Fsp3) is 0.250. The molecule has 2 aliphatic rings. The molecule has 44 heavy (non-hydrogen) atoms. The molecule has 8 heteroatoms. The van der Waals surface area contributed by atoms with E-state index in [1.165, 1.54) is 7.11 Å². The highest BCUT2D eigenvalue weighted by atomic mass is 32.1. The fourth-order valence-electron chi connectivity index (χ4n) is 5.92. The SMILES string of the molecule is COC(=O)C1=CC(c2nn(C(c3ccccc3)(c3ccccc3)c3ccccc3)cc2B2OC(C)(C)C(C)(C)O2)=CCC1=S. The minimum atomic E-state index is -0.847. The van der Waals surface area contributed by atoms with Crippen molar-refractivity contribution in [2.24, 2.45) is 0 Å². The van der Waals surface area contributed by atoms with E-state index in [1.807, 2.05) is 99.2 Å². The molecule has 222 valence electrons. The highest BCUT2D eigenvalue weighted by Crippen LogP contribution is 2.42. The van der Waals surface area contributed by atoms with Gasteiger partial charge in [-0.3, -0.25) is 4.68 Å². The molecular formula is C36H35BN2O4S. The minimum Gasteiger partial charge on any atom is -0.465 e. The largest absolute Gasteiger partial charge is 0.498 e. The molecule has 0 atom stereocenters. The van der Waals surface area contributed by atoms with Gasteiger partial charge >= 0.3 is 13.1 Å². The van der Waals surface area contributed by atoms with Gasteiger partial charge in [0.25, 0.3) is 0 Å². The molecule has 0 N–H and O–H groups in total. The second-order valence-corrected chi connectivity index (χ2v) is 12.6. The molecule has 1 fully saturated rings. The molecule has 2 heterocycles. The Kier molecular flexibility index (Phi) is 7.78. The highest BCUT2D eigenvalue weighted by molar-refractivity contribution is 7.81. The van der Waals surface area contributed by atoms with E-state index in [4.69, 9.17) is 31.4 Å². The van der Waals surface area contributed by atoms with Crippen molar-refractivity contribution in [3.8, 4) is 0 Å². The molecule has 3 aromatic carbocycles. The van der Waals surface area contributed by atoms with Crippen LogP contribution in [0.15, 0.2) is 115 Å². The molecule has 0 saturated carbocycles. The van der Waals surface area contributed by atoms with Gasteiger partial charge in [0, 0.05) is 22.9 Å². The van der Waals surface area contributed by atoms with Gasteiger partial charge in [-0.1, -0.05) is 109 Å². The molecule has 0 bridgehead atoms. The zero-order valence-electron chi connectivity index (χ0n) is 25.6. The van der Waals surface area contributed by atoms with E-state index in [0.29, 0.717) is 22.6 Å². The van der Waals surface area contributed by atoms with Gasteiger partial charge in [-0.2, -0.15) is 5.10 Å². The van der Waals surface area contributed by atoms with E-state index in [-0.39, 0.29) is 0 Å². The van der Waals surface area contributed by atoms with Crippen molar-refractivity contribution in [2.45, 2.75) is 50.9 Å². The van der Waals surface area contributed by atoms with E-state index in [1.54, 1.807) is 6.08 Å². The van der Waals surface area contributed by atoms with Gasteiger partial charge < -0.3 is 14.0 Å². The zero-order chi connectivity index (χ0) is 31.1. The molecule has 6 nitrogen and oxygen atoms in total. The number of ether oxygens (including phenoxy) is 1. The fourth-order valence-corrected chi connectivity index (χ4v) is 6.14. The van der Waals surface area contributed by atoms with Crippen molar-refractivity contribution < 1.29 is 18.8 Å². The molecule has 0 spiro atoms. The van der Waals surface area contributed by atoms with Crippen LogP contribution in [0.1, 0.15) is 56.5 Å². The summed E-state index contributed by atoms with van der Waals surface area (Å²) in [6.07, 6.45) is 6.23. The van der Waals surface area contributed by atoms with Crippen LogP contribution in [-0.4, -0.2) is 46.0 Å². The Morgan fingerprint density at radius 1 is 0.864 bits per heavy atom. The van der Waals surface area contributed by atoms with Gasteiger partial charge in [0.1, 0.15) is 5.54 Å². The number of thiocarbonyl (C=S) groups is 1. The first-order valence-electron chi connectivity index (χ1n) is 14.7. The Balaban J connectivity index is 1.66. The Hall–Kier alpha value is -4.11. The van der Waals surface area contributed by atoms with E-state index >= 15 is 0 Å². The average molecular weight is 603 g/mol. The molecular weight excluding hydrogens is 567 g/mol. The summed E-state index contributed by atoms with van der Waals surface area (Å²) < 4.78 is 20.3. The summed E-state index contributed by atoms with van der Waals surface area (Å²) in [5.41, 5.74) is 3.66. The van der Waals surface area contributed by atoms with Crippen LogP contribution in [0.25, 0.3) is 5.57 Å². The smallest absolute Gasteiger partial charge is 0.465 e. The molecule has 6 rings (SSSR count). The number of hydrogen-bond acceptors (Lipinski definition) is 6. The number of aromatic nitrogens is 2. The first-order valence-corrected chi connectivity index (χ1v) is 15.2. The molecule has 1 saturated heterocycles. The lowest BCUT2D eigenvalue weighted by Crippen LogP contribution is -2.41. The molecule has 0 amide bonds. The lowest BCUT2D eigenvalue weighted by Gasteiger charge is -2.36. The Bertz CT molecular complexity index is 1650. The predicted molar refractivity (Wildman–Crippen MR) is 178 cm³/mol. The minimum absolute atomic E-state index is 0.356. The molecule has 0 unspecified atom stereocenters. The maximum Gasteiger partial charge on any atom is 0.498 e. The van der Waals surface area contributed by atoms with Gasteiger partial charge in [-0.25, -0.2) is 4.79 Å². The number of carbonyl (C=O) groups is 1. The van der Waals surface area contributed by atoms with E-state index in [2.05, 4.69) is 36.4 Å². The van der Waals surface area contributed by atoms with Crippen LogP contribution in [-0.2, 0) is 24.4 Å². The summed E-state index contributed by atoms with van der Waals surface area (Å²) in [4.78, 5) is 13.2. The Morgan fingerprint density at radius 2 is 1.34 bits per heavy atom. The van der Waals surface area contributed by atoms with Crippen molar-refractivity contribution in [1.82, 2.24) is 9.78 Å². The highest BCUT2D eigenvalue weighted by Gasteiger charge is 2.53. The normalized spacial score (nSPS) is 17.7. The van der Waals surface area contributed by atoms with Crippen molar-refractivity contribution in [3.05, 3.63) is 137 Å². The van der Waals surface area contributed by atoms with Gasteiger partial charge in [0.2, 0.25) is 0 Å². The number of hydrogen-bond donors (Lipinski definition) is 0. The number of methoxy groups -OCH3 is 1. The van der Waals surface area contributed by atoms with Gasteiger partial charge in [0.05, 0.1) is 29.6 Å². The van der Waals surface area contributed by atoms with Gasteiger partial charge in [-0.05, 0) is 56.0 Å². The van der Waals surface area contributed by atoms with Crippen molar-refractivity contribution in [2.75, 3.05) is 7.11 Å². The van der Waals surface area contributed by atoms with E-state index < -0.39 is 29.8 Å². The number of esters is 1. The maximum atomic E-state index is 12.7. The lowest BCUT2D eigenvalue weighted by molar-refractivity contribution is -0.135. The number of nitrogens with zero attached hydrogens (tertiary/aromatic N) is 2. The molecule has 1 aliphatic heterocycles. The molecule has 1 aromatic heterocycles. The number of carbonyl (C=O) groups excluding carboxylic acids is 1. The summed E-state index contributed by atoms with van der Waals surface area (Å²) in [6, 6.07) is 31.1. The summed E-state index contributed by atoms with van der Waals surface area (Å²) in [7, 11) is 0.663. The molecule has 4 aromatic rings. The first kappa shape index (κ1) is 29.9. The third-order valence-electron chi connectivity index (χ3n) is 8.95. The Labute approximate surface area is 264 Å². The van der Waals surface area contributed by atoms with Crippen molar-refractivity contribution in [1.29, 1.82) is 0 Å². The van der Waals surface area contributed by atoms with Crippen LogP contribution in [0.3, 0.4) is 0 Å². The summed E-state index contributed by atoms with van der Waals surface area (Å²) in [5.74, 6) is -0.468. The quantitative estimate of drug-likeness (QED) is 0.107. The van der Waals surface area contributed by atoms with Crippen LogP contribution < -0.4 is 5.46 Å². The van der Waals surface area contributed by atoms with Crippen LogP contribution in [0.2, 0.25) is 0 Å². The van der Waals surface area contributed by atoms with E-state index in [9.17, 15) is 4.79 Å². The molecule has 1 aliphatic carbocycles. The van der Waals surface area contributed by atoms with Gasteiger partial charge in [-0.15, -0.1) is 0 Å². The van der Waals surface area contributed by atoms with Crippen LogP contribution in [0.4, 0.5) is 0 Å². The lowest BCUT2D eigenvalue weighted by atomic mass is 9.75. The zero-order valence-corrected chi connectivity index (χ0v) is 26.4. The van der Waals surface area contributed by atoms with Crippen molar-refractivity contribution >= 4 is 41.2 Å². The van der Waals surface area contributed by atoms with E-state index in [0.717, 1.165) is 27.7 Å². The topological polar surface area (TPSA) is 62.6 Å². The van der Waals surface area contributed by atoms with Gasteiger partial charge in [0.15, 0.2) is 0 Å². The summed E-state index contributed by atoms with van der Waals surface area (Å²) in [5, 5.41) is 5.37. The average Bonchev–Trinajstić information content (AvgIpc) is 3.57. The predicted octanol–water partition coefficient (Wildman–Crippen LogP) is 6.28. The monoisotopic (exact) mass is 602 g/mol. The summed E-state index contributed by atoms with van der Waals surface area (Å²) in [6.45, 7) is 8.14. The standard InChI is InChI=1S/C36H35BN2O4S/c1-34(2)35(3,4)43-37(42-34)30-24-39(38-32(30)25-21-22-31(44)29(23-25)33(40)41-5)36(26-15-9-6-10-16-26,27-17-11-7-12-18-27)28-19-13-8-14-20-28/h6-21,23-24H,22H2,1-5H3.